The molecule has 316 valence electrons. The number of esters is 1. The van der Waals surface area contributed by atoms with Crippen LogP contribution in [0.15, 0.2) is 72.3 Å². The Bertz CT molecular complexity index is 1570. The normalized spacial score (nSPS) is 19.2. The number of allylic oxidation sites excluding steroid dienone is 1. The highest BCUT2D eigenvalue weighted by atomic mass is 32.1. The summed E-state index contributed by atoms with van der Waals surface area (Å²) in [7, 11) is 0. The van der Waals surface area contributed by atoms with Crippen molar-refractivity contribution >= 4 is 29.3 Å². The smallest absolute Gasteiger partial charge is 0.343 e. The van der Waals surface area contributed by atoms with Crippen molar-refractivity contribution in [3.8, 4) is 0 Å². The van der Waals surface area contributed by atoms with Crippen molar-refractivity contribution in [2.75, 3.05) is 13.2 Å². The van der Waals surface area contributed by atoms with Gasteiger partial charge in [0.25, 0.3) is 11.1 Å². The van der Waals surface area contributed by atoms with Gasteiger partial charge in [-0.3, -0.25) is 9.69 Å². The minimum absolute atomic E-state index is 0.185. The second kappa shape index (κ2) is 21.1. The maximum atomic E-state index is 15.1. The van der Waals surface area contributed by atoms with Gasteiger partial charge in [0, 0.05) is 24.0 Å². The van der Waals surface area contributed by atoms with Crippen molar-refractivity contribution in [3.05, 3.63) is 83.4 Å². The number of carbonyl (C=O) groups excluding carboxylic acids is 2. The van der Waals surface area contributed by atoms with Crippen molar-refractivity contribution < 1.29 is 42.4 Å². The zero-order valence-electron chi connectivity index (χ0n) is 34.9. The Morgan fingerprint density at radius 3 is 1.88 bits per heavy atom. The van der Waals surface area contributed by atoms with Crippen LogP contribution in [0.2, 0.25) is 0 Å². The molecule has 0 saturated carbocycles. The quantitative estimate of drug-likeness (QED) is 0.0544. The van der Waals surface area contributed by atoms with Gasteiger partial charge in [0.2, 0.25) is 6.43 Å². The molecule has 57 heavy (non-hydrogen) atoms. The molecule has 0 unspecified atom stereocenters. The zero-order chi connectivity index (χ0) is 41.7. The van der Waals surface area contributed by atoms with E-state index in [1.807, 2.05) is 74.5 Å². The van der Waals surface area contributed by atoms with Gasteiger partial charge in [-0.2, -0.15) is 0 Å². The highest BCUT2D eigenvalue weighted by Gasteiger charge is 2.60. The number of rotatable bonds is 22. The van der Waals surface area contributed by atoms with Crippen molar-refractivity contribution in [3.63, 3.8) is 0 Å². The third-order valence-corrected chi connectivity index (χ3v) is 11.1. The number of unbranched alkanes of at least 4 members (excludes halogenated alkanes) is 9. The molecular weight excluding hydrogens is 749 g/mol. The molecule has 2 aromatic carbocycles. The van der Waals surface area contributed by atoms with Crippen molar-refractivity contribution in [2.24, 2.45) is 5.92 Å². The molecule has 4 rings (SSSR count). The van der Waals surface area contributed by atoms with Gasteiger partial charge in [-0.25, -0.2) is 13.6 Å². The monoisotopic (exact) mass is 813 g/mol. The summed E-state index contributed by atoms with van der Waals surface area (Å²) in [5, 5.41) is 11.9. The summed E-state index contributed by atoms with van der Waals surface area (Å²) in [4.78, 5) is 30.1. The molecule has 2 aliphatic rings. The number of carbonyl (C=O) groups is 2. The molecule has 11 heteroatoms. The van der Waals surface area contributed by atoms with Crippen LogP contribution in [0.5, 0.6) is 0 Å². The van der Waals surface area contributed by atoms with E-state index in [0.29, 0.717) is 19.6 Å². The van der Waals surface area contributed by atoms with E-state index in [9.17, 15) is 18.7 Å². The Kier molecular flexibility index (Phi) is 17.2. The molecule has 0 aromatic heterocycles. The van der Waals surface area contributed by atoms with E-state index in [-0.39, 0.29) is 17.5 Å². The Labute approximate surface area is 344 Å². The minimum atomic E-state index is -3.14. The molecule has 2 aromatic rings. The number of halogens is 2. The molecule has 2 aliphatic heterocycles. The summed E-state index contributed by atoms with van der Waals surface area (Å²) in [6.07, 6.45) is 9.04. The van der Waals surface area contributed by atoms with Crippen LogP contribution in [0, 0.1) is 5.92 Å². The molecule has 1 amide bonds. The molecule has 2 saturated heterocycles. The fourth-order valence-electron chi connectivity index (χ4n) is 8.19. The number of thiocarbonyl (C=S) groups is 1. The SMILES string of the molecule is CCCCCCCC1(CCCCCCC/C=C(\C(=O)N2C(=S)OC(c3ccccc3)(c3ccccc3)[C@@H]2C(C)C)[C@@](O)(CC(F)F)C(=O)OC(C)(C)C)OCCO1. The Hall–Kier alpha value is -3.25. The number of hydrogen-bond donors (Lipinski definition) is 1. The topological polar surface area (TPSA) is 94.5 Å². The number of benzene rings is 2. The summed E-state index contributed by atoms with van der Waals surface area (Å²) in [5.74, 6) is -2.98. The summed E-state index contributed by atoms with van der Waals surface area (Å²) in [5.41, 5.74) is -4.40. The van der Waals surface area contributed by atoms with Gasteiger partial charge in [-0.1, -0.05) is 132 Å². The van der Waals surface area contributed by atoms with E-state index in [1.54, 1.807) is 20.8 Å². The van der Waals surface area contributed by atoms with Crippen molar-refractivity contribution in [2.45, 2.75) is 166 Å². The summed E-state index contributed by atoms with van der Waals surface area (Å²) >= 11 is 5.82. The van der Waals surface area contributed by atoms with E-state index in [2.05, 4.69) is 6.92 Å². The third-order valence-electron chi connectivity index (χ3n) is 10.8. The molecule has 2 heterocycles. The number of hydrogen-bond acceptors (Lipinski definition) is 8. The highest BCUT2D eigenvalue weighted by molar-refractivity contribution is 7.80. The number of ether oxygens (including phenoxy) is 4. The first-order valence-corrected chi connectivity index (χ1v) is 21.4. The Balaban J connectivity index is 1.59. The van der Waals surface area contributed by atoms with E-state index in [1.165, 1.54) is 36.7 Å². The number of alkyl halides is 2. The lowest BCUT2D eigenvalue weighted by atomic mass is 9.75. The van der Waals surface area contributed by atoms with Crippen LogP contribution in [0.25, 0.3) is 0 Å². The molecule has 2 fully saturated rings. The van der Waals surface area contributed by atoms with Gasteiger partial charge in [0.15, 0.2) is 17.0 Å². The first-order valence-electron chi connectivity index (χ1n) is 21.0. The number of aliphatic hydroxyl groups is 1. The lowest BCUT2D eigenvalue weighted by Gasteiger charge is -2.39. The van der Waals surface area contributed by atoms with Gasteiger partial charge in [-0.15, -0.1) is 0 Å². The first kappa shape index (κ1) is 46.4. The van der Waals surface area contributed by atoms with Crippen molar-refractivity contribution in [1.82, 2.24) is 4.90 Å². The second-order valence-corrected chi connectivity index (χ2v) is 17.2. The van der Waals surface area contributed by atoms with E-state index < -0.39 is 58.9 Å². The maximum Gasteiger partial charge on any atom is 0.343 e. The lowest BCUT2D eigenvalue weighted by molar-refractivity contribution is -0.177. The van der Waals surface area contributed by atoms with E-state index >= 15 is 4.79 Å². The molecule has 0 aliphatic carbocycles. The maximum absolute atomic E-state index is 15.1. The Morgan fingerprint density at radius 1 is 0.877 bits per heavy atom. The van der Waals surface area contributed by atoms with Crippen LogP contribution in [0.1, 0.15) is 143 Å². The molecule has 0 spiro atoms. The predicted octanol–water partition coefficient (Wildman–Crippen LogP) is 10.6. The zero-order valence-corrected chi connectivity index (χ0v) is 35.7. The standard InChI is InChI=1S/C46H65F2NO7S/c1-7-8-9-13-22-29-44(53-31-32-54-44)30-23-14-11-10-12-21-28-37(45(52,33-38(47)48)41(51)55-43(4,5)6)40(50)49-39(34(2)3)46(56-42(49)57,35-24-17-15-18-25-35)36-26-19-16-20-27-36/h15-20,24-28,34,38-39,52H,7-14,21-23,29-33H2,1-6H3/b37-28+/t39-,45-/m0/s1. The van der Waals surface area contributed by atoms with E-state index in [4.69, 9.17) is 31.2 Å². The highest BCUT2D eigenvalue weighted by Crippen LogP contribution is 2.48. The lowest BCUT2D eigenvalue weighted by Crippen LogP contribution is -2.55. The predicted molar refractivity (Wildman–Crippen MR) is 223 cm³/mol. The van der Waals surface area contributed by atoms with Gasteiger partial charge in [-0.05, 0) is 64.6 Å². The molecule has 2 atom stereocenters. The van der Waals surface area contributed by atoms with Crippen LogP contribution in [0.3, 0.4) is 0 Å². The molecular formula is C46H65F2NO7S. The third kappa shape index (κ3) is 11.9. The van der Waals surface area contributed by atoms with Crippen molar-refractivity contribution in [1.29, 1.82) is 0 Å². The number of amides is 1. The molecule has 8 nitrogen and oxygen atoms in total. The molecule has 0 radical (unpaired) electrons. The van der Waals surface area contributed by atoms with Gasteiger partial charge < -0.3 is 24.1 Å². The first-order chi connectivity index (χ1) is 27.1. The summed E-state index contributed by atoms with van der Waals surface area (Å²) in [6.45, 7) is 12.0. The van der Waals surface area contributed by atoms with Crippen LogP contribution in [-0.4, -0.2) is 69.7 Å². The fourth-order valence-corrected chi connectivity index (χ4v) is 8.52. The van der Waals surface area contributed by atoms with Gasteiger partial charge in [0.05, 0.1) is 31.2 Å². The van der Waals surface area contributed by atoms with Crippen LogP contribution < -0.4 is 0 Å². The average Bonchev–Trinajstić information content (AvgIpc) is 3.76. The van der Waals surface area contributed by atoms with Gasteiger partial charge >= 0.3 is 5.97 Å². The molecule has 1 N–H and O–H groups in total. The fraction of sp³-hybridized carbons (Fsp3) is 0.630. The average molecular weight is 814 g/mol. The van der Waals surface area contributed by atoms with Gasteiger partial charge in [0.1, 0.15) is 5.60 Å². The summed E-state index contributed by atoms with van der Waals surface area (Å²) in [6, 6.07) is 18.0. The summed E-state index contributed by atoms with van der Waals surface area (Å²) < 4.78 is 53.1. The van der Waals surface area contributed by atoms with Crippen LogP contribution >= 0.6 is 12.2 Å². The largest absolute Gasteiger partial charge is 0.458 e. The second-order valence-electron chi connectivity index (χ2n) is 16.9. The number of nitrogens with zero attached hydrogens (tertiary/aromatic N) is 1. The Morgan fingerprint density at radius 2 is 1.39 bits per heavy atom. The minimum Gasteiger partial charge on any atom is -0.458 e. The molecule has 0 bridgehead atoms. The van der Waals surface area contributed by atoms with E-state index in [0.717, 1.165) is 56.1 Å². The van der Waals surface area contributed by atoms with Crippen LogP contribution in [-0.2, 0) is 34.1 Å². The van der Waals surface area contributed by atoms with Crippen LogP contribution in [0.4, 0.5) is 8.78 Å².